The van der Waals surface area contributed by atoms with Crippen molar-refractivity contribution in [3.63, 3.8) is 0 Å². The fraction of sp³-hybridized carbons (Fsp3) is 0.714. The molecule has 1 amide bonds. The fourth-order valence-electron chi connectivity index (χ4n) is 2.38. The summed E-state index contributed by atoms with van der Waals surface area (Å²) in [5.74, 6) is 0.875. The van der Waals surface area contributed by atoms with Crippen LogP contribution in [0.2, 0.25) is 0 Å². The average molecular weight is 281 g/mol. The largest absolute Gasteiger partial charge is 0.350 e. The smallest absolute Gasteiger partial charge is 0.220 e. The molecular formula is C14H23N3OS. The Balaban J connectivity index is 1.66. The third kappa shape index (κ3) is 4.58. The van der Waals surface area contributed by atoms with Crippen molar-refractivity contribution in [2.45, 2.75) is 46.1 Å². The molecule has 1 aromatic heterocycles. The second-order valence-electron chi connectivity index (χ2n) is 5.26. The van der Waals surface area contributed by atoms with Crippen LogP contribution in [-0.2, 0) is 11.3 Å². The molecule has 2 N–H and O–H groups in total. The van der Waals surface area contributed by atoms with Gasteiger partial charge in [-0.05, 0) is 52.1 Å². The average Bonchev–Trinajstić information content (AvgIpc) is 2.74. The molecule has 1 aromatic rings. The molecule has 0 aromatic carbocycles. The summed E-state index contributed by atoms with van der Waals surface area (Å²) >= 11 is 1.67. The SMILES string of the molecule is Cc1nc(CNC(=O)CCC2CCNCC2)sc1C. The third-order valence-corrected chi connectivity index (χ3v) is 4.82. The van der Waals surface area contributed by atoms with Gasteiger partial charge in [0.15, 0.2) is 0 Å². The minimum atomic E-state index is 0.157. The molecule has 0 bridgehead atoms. The summed E-state index contributed by atoms with van der Waals surface area (Å²) in [7, 11) is 0. The van der Waals surface area contributed by atoms with Gasteiger partial charge in [0.05, 0.1) is 12.2 Å². The quantitative estimate of drug-likeness (QED) is 0.869. The van der Waals surface area contributed by atoms with Gasteiger partial charge in [-0.1, -0.05) is 0 Å². The lowest BCUT2D eigenvalue weighted by atomic mass is 9.93. The van der Waals surface area contributed by atoms with Crippen molar-refractivity contribution >= 4 is 17.2 Å². The van der Waals surface area contributed by atoms with Gasteiger partial charge in [0.1, 0.15) is 5.01 Å². The Morgan fingerprint density at radius 2 is 2.16 bits per heavy atom. The van der Waals surface area contributed by atoms with E-state index in [0.717, 1.165) is 36.1 Å². The number of carbonyl (C=O) groups is 1. The minimum absolute atomic E-state index is 0.157. The van der Waals surface area contributed by atoms with Crippen molar-refractivity contribution < 1.29 is 4.79 Å². The Bertz CT molecular complexity index is 405. The molecule has 1 fully saturated rings. The molecule has 1 saturated heterocycles. The number of aryl methyl sites for hydroxylation is 2. The molecule has 1 aliphatic heterocycles. The molecular weight excluding hydrogens is 258 g/mol. The first kappa shape index (κ1) is 14.5. The minimum Gasteiger partial charge on any atom is -0.350 e. The van der Waals surface area contributed by atoms with Gasteiger partial charge in [-0.15, -0.1) is 11.3 Å². The zero-order chi connectivity index (χ0) is 13.7. The summed E-state index contributed by atoms with van der Waals surface area (Å²) in [6, 6.07) is 0. The number of carbonyl (C=O) groups excluding carboxylic acids is 1. The maximum atomic E-state index is 11.8. The first-order valence-corrected chi connectivity index (χ1v) is 7.87. The summed E-state index contributed by atoms with van der Waals surface area (Å²) in [5.41, 5.74) is 1.07. The van der Waals surface area contributed by atoms with Crippen LogP contribution < -0.4 is 10.6 Å². The zero-order valence-electron chi connectivity index (χ0n) is 11.8. The maximum absolute atomic E-state index is 11.8. The monoisotopic (exact) mass is 281 g/mol. The normalized spacial score (nSPS) is 16.5. The lowest BCUT2D eigenvalue weighted by Gasteiger charge is -2.22. The Hall–Kier alpha value is -0.940. The summed E-state index contributed by atoms with van der Waals surface area (Å²) in [6.07, 6.45) is 4.08. The number of piperidine rings is 1. The number of aromatic nitrogens is 1. The van der Waals surface area contributed by atoms with Crippen molar-refractivity contribution in [1.82, 2.24) is 15.6 Å². The lowest BCUT2D eigenvalue weighted by Crippen LogP contribution is -2.29. The van der Waals surface area contributed by atoms with E-state index in [-0.39, 0.29) is 5.91 Å². The number of amides is 1. The molecule has 19 heavy (non-hydrogen) atoms. The second-order valence-corrected chi connectivity index (χ2v) is 6.55. The number of nitrogens with zero attached hydrogens (tertiary/aromatic N) is 1. The van der Waals surface area contributed by atoms with E-state index in [9.17, 15) is 4.79 Å². The fourth-order valence-corrected chi connectivity index (χ4v) is 3.26. The van der Waals surface area contributed by atoms with E-state index in [1.165, 1.54) is 17.7 Å². The van der Waals surface area contributed by atoms with Crippen LogP contribution >= 0.6 is 11.3 Å². The summed E-state index contributed by atoms with van der Waals surface area (Å²) in [6.45, 7) is 6.85. The molecule has 0 atom stereocenters. The van der Waals surface area contributed by atoms with Crippen LogP contribution in [0.25, 0.3) is 0 Å². The van der Waals surface area contributed by atoms with E-state index in [0.29, 0.717) is 13.0 Å². The van der Waals surface area contributed by atoms with Gasteiger partial charge in [-0.25, -0.2) is 4.98 Å². The van der Waals surface area contributed by atoms with Crippen LogP contribution in [0.1, 0.15) is 41.3 Å². The summed E-state index contributed by atoms with van der Waals surface area (Å²) in [4.78, 5) is 17.5. The molecule has 5 heteroatoms. The van der Waals surface area contributed by atoms with E-state index in [1.807, 2.05) is 6.92 Å². The molecule has 0 spiro atoms. The standard InChI is InChI=1S/C14H23N3OS/c1-10-11(2)19-14(17-10)9-16-13(18)4-3-12-5-7-15-8-6-12/h12,15H,3-9H2,1-2H3,(H,16,18). The van der Waals surface area contributed by atoms with Gasteiger partial charge in [-0.2, -0.15) is 0 Å². The van der Waals surface area contributed by atoms with E-state index in [1.54, 1.807) is 11.3 Å². The highest BCUT2D eigenvalue weighted by molar-refractivity contribution is 7.11. The van der Waals surface area contributed by atoms with Gasteiger partial charge in [0, 0.05) is 11.3 Å². The summed E-state index contributed by atoms with van der Waals surface area (Å²) < 4.78 is 0. The van der Waals surface area contributed by atoms with Crippen molar-refractivity contribution in [1.29, 1.82) is 0 Å². The highest BCUT2D eigenvalue weighted by Crippen LogP contribution is 2.18. The van der Waals surface area contributed by atoms with E-state index in [4.69, 9.17) is 0 Å². The first-order chi connectivity index (χ1) is 9.15. The van der Waals surface area contributed by atoms with Crippen LogP contribution in [0.3, 0.4) is 0 Å². The number of hydrogen-bond donors (Lipinski definition) is 2. The lowest BCUT2D eigenvalue weighted by molar-refractivity contribution is -0.121. The first-order valence-electron chi connectivity index (χ1n) is 7.05. The van der Waals surface area contributed by atoms with Crippen molar-refractivity contribution in [2.75, 3.05) is 13.1 Å². The van der Waals surface area contributed by atoms with Crippen LogP contribution in [0, 0.1) is 19.8 Å². The van der Waals surface area contributed by atoms with Crippen LogP contribution in [0.15, 0.2) is 0 Å². The number of hydrogen-bond acceptors (Lipinski definition) is 4. The number of thiazole rings is 1. The molecule has 0 radical (unpaired) electrons. The zero-order valence-corrected chi connectivity index (χ0v) is 12.6. The number of nitrogens with one attached hydrogen (secondary N) is 2. The second kappa shape index (κ2) is 7.01. The highest BCUT2D eigenvalue weighted by atomic mass is 32.1. The van der Waals surface area contributed by atoms with Crippen LogP contribution in [-0.4, -0.2) is 24.0 Å². The van der Waals surface area contributed by atoms with E-state index < -0.39 is 0 Å². The Morgan fingerprint density at radius 3 is 2.79 bits per heavy atom. The molecule has 4 nitrogen and oxygen atoms in total. The summed E-state index contributed by atoms with van der Waals surface area (Å²) in [5, 5.41) is 7.33. The van der Waals surface area contributed by atoms with E-state index >= 15 is 0 Å². The highest BCUT2D eigenvalue weighted by Gasteiger charge is 2.14. The molecule has 0 unspecified atom stereocenters. The topological polar surface area (TPSA) is 54.0 Å². The Morgan fingerprint density at radius 1 is 1.42 bits per heavy atom. The number of rotatable bonds is 5. The van der Waals surface area contributed by atoms with Crippen molar-refractivity contribution in [2.24, 2.45) is 5.92 Å². The Labute approximate surface area is 119 Å². The van der Waals surface area contributed by atoms with E-state index in [2.05, 4.69) is 22.5 Å². The van der Waals surface area contributed by atoms with Gasteiger partial charge in [-0.3, -0.25) is 4.79 Å². The van der Waals surface area contributed by atoms with Gasteiger partial charge in [0.2, 0.25) is 5.91 Å². The molecule has 0 aliphatic carbocycles. The predicted molar refractivity (Wildman–Crippen MR) is 78.3 cm³/mol. The molecule has 106 valence electrons. The van der Waals surface area contributed by atoms with Gasteiger partial charge in [0.25, 0.3) is 0 Å². The van der Waals surface area contributed by atoms with Crippen molar-refractivity contribution in [3.05, 3.63) is 15.6 Å². The van der Waals surface area contributed by atoms with Crippen LogP contribution in [0.4, 0.5) is 0 Å². The maximum Gasteiger partial charge on any atom is 0.220 e. The molecule has 0 saturated carbocycles. The van der Waals surface area contributed by atoms with Crippen molar-refractivity contribution in [3.8, 4) is 0 Å². The molecule has 2 heterocycles. The van der Waals surface area contributed by atoms with Crippen LogP contribution in [0.5, 0.6) is 0 Å². The van der Waals surface area contributed by atoms with Gasteiger partial charge >= 0.3 is 0 Å². The predicted octanol–water partition coefficient (Wildman–Crippen LogP) is 2.16. The van der Waals surface area contributed by atoms with Gasteiger partial charge < -0.3 is 10.6 Å². The third-order valence-electron chi connectivity index (χ3n) is 3.75. The Kier molecular flexibility index (Phi) is 5.34. The molecule has 1 aliphatic rings. The molecule has 2 rings (SSSR count).